The highest BCUT2D eigenvalue weighted by molar-refractivity contribution is 5.93. The lowest BCUT2D eigenvalue weighted by molar-refractivity contribution is 0.0706. The van der Waals surface area contributed by atoms with E-state index in [9.17, 15) is 4.79 Å². The number of carbonyl (C=O) groups excluding carboxylic acids is 1. The van der Waals surface area contributed by atoms with Gasteiger partial charge >= 0.3 is 0 Å². The van der Waals surface area contributed by atoms with Crippen molar-refractivity contribution in [3.05, 3.63) is 34.9 Å². The molecule has 1 fully saturated rings. The second-order valence-corrected chi connectivity index (χ2v) is 6.44. The van der Waals surface area contributed by atoms with Gasteiger partial charge in [-0.2, -0.15) is 0 Å². The van der Waals surface area contributed by atoms with Crippen molar-refractivity contribution >= 4 is 5.91 Å². The molecule has 1 aliphatic heterocycles. The largest absolute Gasteiger partial charge is 0.306 e. The average Bonchev–Trinajstić information content (AvgIpc) is 2.45. The quantitative estimate of drug-likeness (QED) is 0.608. The van der Waals surface area contributed by atoms with Crippen LogP contribution >= 0.6 is 0 Å². The standard InChI is InChI=1S/C16H22N2O2/c1-18-8-2-6-16(11-18)7-5-12-9-13(15(19)17-20)3-4-14(12)10-16/h3-4,9,20H,2,5-8,10-11H2,1H3,(H,17,19). The Bertz CT molecular complexity index is 529. The molecule has 20 heavy (non-hydrogen) atoms. The molecule has 1 spiro atoms. The number of hydroxylamine groups is 1. The number of fused-ring (bicyclic) bond motifs is 1. The zero-order valence-corrected chi connectivity index (χ0v) is 12.0. The Morgan fingerprint density at radius 3 is 2.95 bits per heavy atom. The van der Waals surface area contributed by atoms with Crippen molar-refractivity contribution in [2.45, 2.75) is 32.1 Å². The number of amides is 1. The lowest BCUT2D eigenvalue weighted by Gasteiger charge is -2.44. The van der Waals surface area contributed by atoms with Crippen LogP contribution < -0.4 is 5.48 Å². The van der Waals surface area contributed by atoms with E-state index in [1.165, 1.54) is 43.5 Å². The van der Waals surface area contributed by atoms with Gasteiger partial charge < -0.3 is 4.90 Å². The van der Waals surface area contributed by atoms with Gasteiger partial charge in [0.15, 0.2) is 0 Å². The van der Waals surface area contributed by atoms with Crippen molar-refractivity contribution in [1.82, 2.24) is 10.4 Å². The van der Waals surface area contributed by atoms with E-state index in [0.29, 0.717) is 11.0 Å². The topological polar surface area (TPSA) is 52.6 Å². The molecule has 4 nitrogen and oxygen atoms in total. The molecule has 0 saturated carbocycles. The molecule has 1 saturated heterocycles. The fourth-order valence-electron chi connectivity index (χ4n) is 3.93. The van der Waals surface area contributed by atoms with E-state index in [0.717, 1.165) is 12.8 Å². The Balaban J connectivity index is 1.83. The number of likely N-dealkylation sites (tertiary alicyclic amines) is 1. The second kappa shape index (κ2) is 5.19. The highest BCUT2D eigenvalue weighted by Crippen LogP contribution is 2.42. The highest BCUT2D eigenvalue weighted by Gasteiger charge is 2.37. The number of carbonyl (C=O) groups is 1. The second-order valence-electron chi connectivity index (χ2n) is 6.44. The number of piperidine rings is 1. The molecule has 1 aromatic carbocycles. The maximum absolute atomic E-state index is 11.5. The van der Waals surface area contributed by atoms with Gasteiger partial charge in [-0.05, 0) is 74.4 Å². The zero-order valence-electron chi connectivity index (χ0n) is 12.0. The van der Waals surface area contributed by atoms with Crippen molar-refractivity contribution in [1.29, 1.82) is 0 Å². The van der Waals surface area contributed by atoms with Crippen LogP contribution in [0.25, 0.3) is 0 Å². The molecule has 108 valence electrons. The van der Waals surface area contributed by atoms with Gasteiger partial charge in [-0.25, -0.2) is 5.48 Å². The lowest BCUT2D eigenvalue weighted by atomic mass is 9.67. The molecule has 4 heteroatoms. The van der Waals surface area contributed by atoms with Gasteiger partial charge in [-0.3, -0.25) is 10.0 Å². The molecule has 1 heterocycles. The molecule has 3 rings (SSSR count). The van der Waals surface area contributed by atoms with Gasteiger partial charge in [0.25, 0.3) is 5.91 Å². The van der Waals surface area contributed by atoms with Crippen LogP contribution in [-0.4, -0.2) is 36.2 Å². The predicted octanol–water partition coefficient (Wildman–Crippen LogP) is 2.01. The van der Waals surface area contributed by atoms with Crippen molar-refractivity contribution in [3.63, 3.8) is 0 Å². The van der Waals surface area contributed by atoms with Crippen LogP contribution in [0, 0.1) is 5.41 Å². The molecular formula is C16H22N2O2. The number of rotatable bonds is 1. The Labute approximate surface area is 119 Å². The van der Waals surface area contributed by atoms with Gasteiger partial charge in [-0.1, -0.05) is 6.07 Å². The van der Waals surface area contributed by atoms with Gasteiger partial charge in [0.1, 0.15) is 0 Å². The smallest absolute Gasteiger partial charge is 0.274 e. The molecule has 2 N–H and O–H groups in total. The van der Waals surface area contributed by atoms with E-state index in [4.69, 9.17) is 5.21 Å². The first-order valence-corrected chi connectivity index (χ1v) is 7.37. The molecule has 1 aromatic rings. The molecule has 0 bridgehead atoms. The highest BCUT2D eigenvalue weighted by atomic mass is 16.5. The molecule has 1 aliphatic carbocycles. The van der Waals surface area contributed by atoms with Crippen LogP contribution in [0.15, 0.2) is 18.2 Å². The molecule has 1 atom stereocenters. The van der Waals surface area contributed by atoms with Gasteiger partial charge in [0.2, 0.25) is 0 Å². The Morgan fingerprint density at radius 2 is 2.20 bits per heavy atom. The predicted molar refractivity (Wildman–Crippen MR) is 76.9 cm³/mol. The lowest BCUT2D eigenvalue weighted by Crippen LogP contribution is -2.44. The van der Waals surface area contributed by atoms with Gasteiger partial charge in [0, 0.05) is 12.1 Å². The Hall–Kier alpha value is -1.39. The summed E-state index contributed by atoms with van der Waals surface area (Å²) in [5, 5.41) is 8.72. The third-order valence-electron chi connectivity index (χ3n) is 4.91. The average molecular weight is 274 g/mol. The minimum Gasteiger partial charge on any atom is -0.306 e. The monoisotopic (exact) mass is 274 g/mol. The van der Waals surface area contributed by atoms with Crippen LogP contribution in [0.2, 0.25) is 0 Å². The minimum atomic E-state index is -0.425. The summed E-state index contributed by atoms with van der Waals surface area (Å²) < 4.78 is 0. The number of nitrogens with one attached hydrogen (secondary N) is 1. The van der Waals surface area contributed by atoms with E-state index in [1.54, 1.807) is 5.48 Å². The number of aryl methyl sites for hydroxylation is 1. The summed E-state index contributed by atoms with van der Waals surface area (Å²) in [5.74, 6) is -0.425. The first kappa shape index (κ1) is 13.6. The summed E-state index contributed by atoms with van der Waals surface area (Å²) in [4.78, 5) is 13.9. The summed E-state index contributed by atoms with van der Waals surface area (Å²) >= 11 is 0. The van der Waals surface area contributed by atoms with Crippen LogP contribution in [-0.2, 0) is 12.8 Å². The van der Waals surface area contributed by atoms with Gasteiger partial charge in [-0.15, -0.1) is 0 Å². The summed E-state index contributed by atoms with van der Waals surface area (Å²) in [7, 11) is 2.21. The van der Waals surface area contributed by atoms with Gasteiger partial charge in [0.05, 0.1) is 0 Å². The Morgan fingerprint density at radius 1 is 1.35 bits per heavy atom. The first-order valence-electron chi connectivity index (χ1n) is 7.37. The maximum atomic E-state index is 11.5. The fraction of sp³-hybridized carbons (Fsp3) is 0.562. The maximum Gasteiger partial charge on any atom is 0.274 e. The van der Waals surface area contributed by atoms with Crippen LogP contribution in [0.4, 0.5) is 0 Å². The van der Waals surface area contributed by atoms with E-state index in [-0.39, 0.29) is 0 Å². The molecule has 0 aromatic heterocycles. The molecule has 1 amide bonds. The summed E-state index contributed by atoms with van der Waals surface area (Å²) in [5.41, 5.74) is 5.33. The number of hydrogen-bond acceptors (Lipinski definition) is 3. The van der Waals surface area contributed by atoms with Crippen LogP contribution in [0.3, 0.4) is 0 Å². The minimum absolute atomic E-state index is 0.425. The van der Waals surface area contributed by atoms with E-state index < -0.39 is 5.91 Å². The van der Waals surface area contributed by atoms with Crippen molar-refractivity contribution in [3.8, 4) is 0 Å². The van der Waals surface area contributed by atoms with Crippen molar-refractivity contribution in [2.24, 2.45) is 5.41 Å². The SMILES string of the molecule is CN1CCCC2(CCc3cc(C(=O)NO)ccc3C2)C1. The summed E-state index contributed by atoms with van der Waals surface area (Å²) in [6.07, 6.45) is 5.96. The van der Waals surface area contributed by atoms with Crippen molar-refractivity contribution in [2.75, 3.05) is 20.1 Å². The summed E-state index contributed by atoms with van der Waals surface area (Å²) in [6, 6.07) is 5.81. The molecule has 2 aliphatic rings. The van der Waals surface area contributed by atoms with E-state index in [1.807, 2.05) is 12.1 Å². The van der Waals surface area contributed by atoms with E-state index >= 15 is 0 Å². The zero-order chi connectivity index (χ0) is 14.2. The summed E-state index contributed by atoms with van der Waals surface area (Å²) in [6.45, 7) is 2.40. The number of hydrogen-bond donors (Lipinski definition) is 2. The van der Waals surface area contributed by atoms with Crippen LogP contribution in [0.5, 0.6) is 0 Å². The normalized spacial score (nSPS) is 26.3. The number of nitrogens with zero attached hydrogens (tertiary/aromatic N) is 1. The van der Waals surface area contributed by atoms with Crippen molar-refractivity contribution < 1.29 is 10.0 Å². The van der Waals surface area contributed by atoms with Crippen LogP contribution in [0.1, 0.15) is 40.7 Å². The third kappa shape index (κ3) is 2.45. The first-order chi connectivity index (χ1) is 9.62. The van der Waals surface area contributed by atoms with E-state index in [2.05, 4.69) is 18.0 Å². The fourth-order valence-corrected chi connectivity index (χ4v) is 3.93. The third-order valence-corrected chi connectivity index (χ3v) is 4.91. The molecular weight excluding hydrogens is 252 g/mol. The molecule has 0 radical (unpaired) electrons. The molecule has 1 unspecified atom stereocenters. The Kier molecular flexibility index (Phi) is 3.52. The number of benzene rings is 1.